The number of nitrogen functional groups attached to an aromatic ring is 1. The Morgan fingerprint density at radius 3 is 2.81 bits per heavy atom. The number of anilines is 2. The second-order valence-electron chi connectivity index (χ2n) is 4.34. The van der Waals surface area contributed by atoms with E-state index in [1.807, 2.05) is 0 Å². The molecule has 0 aliphatic rings. The molecule has 0 aromatic heterocycles. The molecular weight excluding hydrogens is 271 g/mol. The molecule has 0 bridgehead atoms. The molecule has 21 heavy (non-hydrogen) atoms. The lowest BCUT2D eigenvalue weighted by molar-refractivity contribution is -0.111. The Morgan fingerprint density at radius 1 is 1.29 bits per heavy atom. The number of nitrogens with one attached hydrogen (secondary N) is 1. The maximum atomic E-state index is 13.0. The summed E-state index contributed by atoms with van der Waals surface area (Å²) in [7, 11) is 1.56. The zero-order valence-corrected chi connectivity index (χ0v) is 11.5. The number of carbonyl (C=O) groups excluding carboxylic acids is 1. The number of hydrogen-bond acceptors (Lipinski definition) is 3. The molecule has 0 radical (unpaired) electrons. The second-order valence-corrected chi connectivity index (χ2v) is 4.34. The molecule has 2 rings (SSSR count). The maximum Gasteiger partial charge on any atom is 0.248 e. The Morgan fingerprint density at radius 2 is 2.10 bits per heavy atom. The van der Waals surface area contributed by atoms with Crippen molar-refractivity contribution in [1.29, 1.82) is 0 Å². The van der Waals surface area contributed by atoms with Gasteiger partial charge in [0.1, 0.15) is 11.6 Å². The fraction of sp³-hybridized carbons (Fsp3) is 0.0625. The third-order valence-corrected chi connectivity index (χ3v) is 2.78. The summed E-state index contributed by atoms with van der Waals surface area (Å²) in [6.07, 6.45) is 2.91. The van der Waals surface area contributed by atoms with E-state index in [-0.39, 0.29) is 11.6 Å². The molecule has 1 amide bonds. The summed E-state index contributed by atoms with van der Waals surface area (Å²) < 4.78 is 18.1. The average Bonchev–Trinajstić information content (AvgIpc) is 2.48. The van der Waals surface area contributed by atoms with Crippen LogP contribution in [0.1, 0.15) is 5.56 Å². The highest BCUT2D eigenvalue weighted by molar-refractivity contribution is 6.02. The van der Waals surface area contributed by atoms with Crippen molar-refractivity contribution in [2.24, 2.45) is 0 Å². The number of ether oxygens (including phenoxy) is 1. The van der Waals surface area contributed by atoms with Crippen LogP contribution < -0.4 is 15.8 Å². The van der Waals surface area contributed by atoms with Gasteiger partial charge in [-0.2, -0.15) is 0 Å². The van der Waals surface area contributed by atoms with Crippen LogP contribution in [0.5, 0.6) is 5.75 Å². The summed E-state index contributed by atoms with van der Waals surface area (Å²) in [6.45, 7) is 0. The van der Waals surface area contributed by atoms with E-state index >= 15 is 0 Å². The highest BCUT2D eigenvalue weighted by atomic mass is 19.1. The van der Waals surface area contributed by atoms with Crippen LogP contribution >= 0.6 is 0 Å². The Kier molecular flexibility index (Phi) is 4.56. The van der Waals surface area contributed by atoms with E-state index < -0.39 is 5.82 Å². The fourth-order valence-corrected chi connectivity index (χ4v) is 1.72. The van der Waals surface area contributed by atoms with Gasteiger partial charge < -0.3 is 15.8 Å². The van der Waals surface area contributed by atoms with Gasteiger partial charge in [-0.3, -0.25) is 4.79 Å². The minimum Gasteiger partial charge on any atom is -0.497 e. The van der Waals surface area contributed by atoms with Gasteiger partial charge in [0.05, 0.1) is 12.8 Å². The van der Waals surface area contributed by atoms with Crippen LogP contribution in [-0.4, -0.2) is 13.0 Å². The van der Waals surface area contributed by atoms with Crippen LogP contribution in [0.3, 0.4) is 0 Å². The smallest absolute Gasteiger partial charge is 0.248 e. The normalized spacial score (nSPS) is 10.6. The molecular formula is C16H15FN2O2. The molecule has 0 fully saturated rings. The van der Waals surface area contributed by atoms with Crippen molar-refractivity contribution < 1.29 is 13.9 Å². The largest absolute Gasteiger partial charge is 0.497 e. The van der Waals surface area contributed by atoms with Crippen LogP contribution in [0, 0.1) is 5.82 Å². The molecule has 0 spiro atoms. The van der Waals surface area contributed by atoms with Gasteiger partial charge >= 0.3 is 0 Å². The molecule has 0 saturated heterocycles. The fourth-order valence-electron chi connectivity index (χ4n) is 1.72. The van der Waals surface area contributed by atoms with Gasteiger partial charge in [-0.25, -0.2) is 4.39 Å². The third-order valence-electron chi connectivity index (χ3n) is 2.78. The molecule has 0 atom stereocenters. The van der Waals surface area contributed by atoms with E-state index in [1.165, 1.54) is 18.2 Å². The van der Waals surface area contributed by atoms with Crippen molar-refractivity contribution >= 4 is 23.4 Å². The van der Waals surface area contributed by atoms with Gasteiger partial charge in [-0.15, -0.1) is 0 Å². The molecule has 0 heterocycles. The van der Waals surface area contributed by atoms with E-state index in [1.54, 1.807) is 43.5 Å². The van der Waals surface area contributed by atoms with E-state index in [0.29, 0.717) is 17.0 Å². The lowest BCUT2D eigenvalue weighted by atomic mass is 10.2. The predicted octanol–water partition coefficient (Wildman–Crippen LogP) is 3.07. The second kappa shape index (κ2) is 6.56. The molecule has 108 valence electrons. The quantitative estimate of drug-likeness (QED) is 0.670. The standard InChI is InChI=1S/C16H15FN2O2/c1-21-13-4-2-3-12(10-13)19-16(20)8-6-11-5-7-14(17)15(18)9-11/h2-10H,18H2,1H3,(H,19,20)/b8-6+. The minimum absolute atomic E-state index is 0.0466. The molecule has 2 aromatic rings. The molecule has 4 nitrogen and oxygen atoms in total. The Labute approximate surface area is 122 Å². The topological polar surface area (TPSA) is 64.3 Å². The molecule has 0 aliphatic heterocycles. The van der Waals surface area contributed by atoms with Crippen LogP contribution in [0.15, 0.2) is 48.5 Å². The first kappa shape index (κ1) is 14.6. The number of carbonyl (C=O) groups is 1. The number of methoxy groups -OCH3 is 1. The molecule has 0 aliphatic carbocycles. The first-order valence-electron chi connectivity index (χ1n) is 6.26. The van der Waals surface area contributed by atoms with Crippen molar-refractivity contribution in [1.82, 2.24) is 0 Å². The Bertz CT molecular complexity index is 684. The van der Waals surface area contributed by atoms with Crippen molar-refractivity contribution in [3.05, 3.63) is 59.9 Å². The molecule has 2 aromatic carbocycles. The SMILES string of the molecule is COc1cccc(NC(=O)/C=C/c2ccc(F)c(N)c2)c1. The lowest BCUT2D eigenvalue weighted by Gasteiger charge is -2.04. The number of amides is 1. The summed E-state index contributed by atoms with van der Waals surface area (Å²) in [4.78, 5) is 11.8. The van der Waals surface area contributed by atoms with Crippen LogP contribution in [-0.2, 0) is 4.79 Å². The monoisotopic (exact) mass is 286 g/mol. The van der Waals surface area contributed by atoms with Crippen LogP contribution in [0.4, 0.5) is 15.8 Å². The van der Waals surface area contributed by atoms with Gasteiger partial charge in [0.25, 0.3) is 0 Å². The summed E-state index contributed by atoms with van der Waals surface area (Å²) in [5.41, 5.74) is 6.78. The zero-order valence-electron chi connectivity index (χ0n) is 11.5. The number of hydrogen-bond donors (Lipinski definition) is 2. The van der Waals surface area contributed by atoms with Gasteiger partial charge in [0.2, 0.25) is 5.91 Å². The van der Waals surface area contributed by atoms with Crippen molar-refractivity contribution in [2.75, 3.05) is 18.2 Å². The predicted molar refractivity (Wildman–Crippen MR) is 81.5 cm³/mol. The first-order chi connectivity index (χ1) is 10.1. The minimum atomic E-state index is -0.479. The summed E-state index contributed by atoms with van der Waals surface area (Å²) in [6, 6.07) is 11.3. The third kappa shape index (κ3) is 4.07. The van der Waals surface area contributed by atoms with Crippen molar-refractivity contribution in [3.63, 3.8) is 0 Å². The molecule has 0 unspecified atom stereocenters. The number of benzene rings is 2. The van der Waals surface area contributed by atoms with E-state index in [4.69, 9.17) is 10.5 Å². The van der Waals surface area contributed by atoms with Gasteiger partial charge in [-0.1, -0.05) is 12.1 Å². The van der Waals surface area contributed by atoms with Gasteiger partial charge in [-0.05, 0) is 35.9 Å². The van der Waals surface area contributed by atoms with E-state index in [9.17, 15) is 9.18 Å². The average molecular weight is 286 g/mol. The summed E-state index contributed by atoms with van der Waals surface area (Å²) in [5, 5.41) is 2.70. The molecule has 3 N–H and O–H groups in total. The zero-order chi connectivity index (χ0) is 15.2. The molecule has 5 heteroatoms. The number of nitrogens with two attached hydrogens (primary N) is 1. The summed E-state index contributed by atoms with van der Waals surface area (Å²) >= 11 is 0. The van der Waals surface area contributed by atoms with E-state index in [0.717, 1.165) is 0 Å². The van der Waals surface area contributed by atoms with Crippen molar-refractivity contribution in [2.45, 2.75) is 0 Å². The van der Waals surface area contributed by atoms with Crippen LogP contribution in [0.2, 0.25) is 0 Å². The number of rotatable bonds is 4. The van der Waals surface area contributed by atoms with Crippen LogP contribution in [0.25, 0.3) is 6.08 Å². The Hall–Kier alpha value is -2.82. The summed E-state index contributed by atoms with van der Waals surface area (Å²) in [5.74, 6) is -0.123. The maximum absolute atomic E-state index is 13.0. The lowest BCUT2D eigenvalue weighted by Crippen LogP contribution is -2.07. The van der Waals surface area contributed by atoms with Gasteiger partial charge in [0.15, 0.2) is 0 Å². The van der Waals surface area contributed by atoms with Crippen molar-refractivity contribution in [3.8, 4) is 5.75 Å². The first-order valence-corrected chi connectivity index (χ1v) is 6.26. The highest BCUT2D eigenvalue weighted by Gasteiger charge is 2.01. The van der Waals surface area contributed by atoms with E-state index in [2.05, 4.69) is 5.32 Å². The molecule has 0 saturated carbocycles. The Balaban J connectivity index is 2.03. The highest BCUT2D eigenvalue weighted by Crippen LogP contribution is 2.17. The number of halogens is 1. The van der Waals surface area contributed by atoms with Gasteiger partial charge in [0, 0.05) is 17.8 Å².